The van der Waals surface area contributed by atoms with Crippen LogP contribution in [0.3, 0.4) is 0 Å². The molecule has 6 heteroatoms. The molecule has 4 saturated carbocycles. The van der Waals surface area contributed by atoms with Crippen molar-refractivity contribution in [2.75, 3.05) is 35.0 Å². The molecule has 274 valence electrons. The first-order chi connectivity index (χ1) is 25.7. The molecule has 5 nitrogen and oxygen atoms in total. The van der Waals surface area contributed by atoms with Crippen LogP contribution in [-0.2, 0) is 10.2 Å². The molecule has 0 amide bonds. The van der Waals surface area contributed by atoms with Gasteiger partial charge in [-0.25, -0.2) is 0 Å². The maximum absolute atomic E-state index is 7.66. The maximum atomic E-state index is 7.66. The number of aromatic nitrogens is 1. The van der Waals surface area contributed by atoms with E-state index in [9.17, 15) is 0 Å². The van der Waals surface area contributed by atoms with Crippen LogP contribution < -0.4 is 30.3 Å². The summed E-state index contributed by atoms with van der Waals surface area (Å²) in [5.41, 5.74) is 12.0. The van der Waals surface area contributed by atoms with Gasteiger partial charge in [0.25, 0.3) is 0 Å². The Morgan fingerprint density at radius 1 is 0.660 bits per heavy atom. The van der Waals surface area contributed by atoms with E-state index in [1.54, 1.807) is 0 Å². The summed E-state index contributed by atoms with van der Waals surface area (Å²) in [7, 11) is 1.81. The van der Waals surface area contributed by atoms with E-state index in [1.807, 2.05) is 7.11 Å². The molecule has 2 heterocycles. The number of ether oxygens (including phenoxy) is 1. The van der Waals surface area contributed by atoms with E-state index >= 15 is 0 Å². The van der Waals surface area contributed by atoms with Gasteiger partial charge in [0, 0.05) is 0 Å². The number of hydrogen-bond donors (Lipinski definition) is 0. The molecule has 5 aromatic carbocycles. The van der Waals surface area contributed by atoms with Crippen LogP contribution in [0.2, 0.25) is 0 Å². The number of methoxy groups -OCH3 is 1. The van der Waals surface area contributed by atoms with E-state index in [2.05, 4.69) is 130 Å². The average molecular weight is 818 g/mol. The standard InChI is InChI=1S/C47H50IN2O3/c1-30-20-38-37-14-6-9-15-40(37)49(18-19-51-5)43-22-31(2)21-39(47-27-32-24-33(28-47)26-34(25-32)29-47)46(43)53-48(3,4)52-45(38)44(23-30)50-41-16-10-7-12-35(41)36-13-8-11-17-42(36)50/h6-17,20-23,32-34H,18-19,24-29H2,1-5H3/q-1. The fourth-order valence-electron chi connectivity index (χ4n) is 11.1. The van der Waals surface area contributed by atoms with Gasteiger partial charge >= 0.3 is 321 Å². The monoisotopic (exact) mass is 817 g/mol. The van der Waals surface area contributed by atoms with Gasteiger partial charge in [0.15, 0.2) is 0 Å². The van der Waals surface area contributed by atoms with Crippen LogP contribution in [0.5, 0.6) is 11.5 Å². The van der Waals surface area contributed by atoms with Gasteiger partial charge in [0.2, 0.25) is 0 Å². The van der Waals surface area contributed by atoms with Crippen molar-refractivity contribution >= 4 is 33.2 Å². The average Bonchev–Trinajstić information content (AvgIpc) is 3.47. The molecule has 0 spiro atoms. The normalized spacial score (nSPS) is 24.6. The van der Waals surface area contributed by atoms with Crippen molar-refractivity contribution in [3.05, 3.63) is 114 Å². The predicted molar refractivity (Wildman–Crippen MR) is 214 cm³/mol. The second-order valence-corrected chi connectivity index (χ2v) is 23.7. The molecule has 1 aromatic heterocycles. The third-order valence-electron chi connectivity index (χ3n) is 12.7. The number of alkyl halides is 2. The zero-order valence-corrected chi connectivity index (χ0v) is 33.8. The van der Waals surface area contributed by atoms with Gasteiger partial charge in [0.05, 0.1) is 0 Å². The first kappa shape index (κ1) is 33.6. The Morgan fingerprint density at radius 3 is 1.89 bits per heavy atom. The molecule has 4 bridgehead atoms. The summed E-state index contributed by atoms with van der Waals surface area (Å²) >= 11 is -3.52. The van der Waals surface area contributed by atoms with Crippen molar-refractivity contribution in [1.29, 1.82) is 0 Å². The molecular formula is C47H50IN2O3-. The van der Waals surface area contributed by atoms with Crippen LogP contribution in [0.1, 0.15) is 55.2 Å². The Morgan fingerprint density at radius 2 is 1.23 bits per heavy atom. The molecule has 0 atom stereocenters. The quantitative estimate of drug-likeness (QED) is 0.130. The number of halogens is 1. The van der Waals surface area contributed by atoms with Crippen LogP contribution in [0, 0.1) is 31.6 Å². The summed E-state index contributed by atoms with van der Waals surface area (Å²) < 4.78 is 23.5. The van der Waals surface area contributed by atoms with Crippen molar-refractivity contribution in [2.24, 2.45) is 17.8 Å². The van der Waals surface area contributed by atoms with Gasteiger partial charge in [-0.05, 0) is 0 Å². The van der Waals surface area contributed by atoms with E-state index in [-0.39, 0.29) is 5.41 Å². The van der Waals surface area contributed by atoms with Crippen LogP contribution in [0.15, 0.2) is 97.1 Å². The van der Waals surface area contributed by atoms with Crippen LogP contribution in [0.25, 0.3) is 38.6 Å². The summed E-state index contributed by atoms with van der Waals surface area (Å²) in [6.45, 7) is 5.80. The van der Waals surface area contributed by atoms with E-state index in [4.69, 9.17) is 10.9 Å². The molecule has 11 rings (SSSR count). The SMILES string of the molecule is COCCN1c2ccccc2-c2cc(C)cc(-n3c4ccccc4c4ccccc43)c2O[I-](C)(C)Oc2c1cc(C)cc2C12CC3CC(CC(C3)C1)C2. The van der Waals surface area contributed by atoms with E-state index in [0.29, 0.717) is 13.2 Å². The van der Waals surface area contributed by atoms with Gasteiger partial charge < -0.3 is 0 Å². The Kier molecular flexibility index (Phi) is 7.93. The van der Waals surface area contributed by atoms with Gasteiger partial charge in [-0.3, -0.25) is 0 Å². The molecule has 4 aliphatic carbocycles. The summed E-state index contributed by atoms with van der Waals surface area (Å²) in [5.74, 6) is 4.44. The van der Waals surface area contributed by atoms with Crippen LogP contribution in [0.4, 0.5) is 11.4 Å². The molecule has 4 fully saturated rings. The van der Waals surface area contributed by atoms with Crippen molar-refractivity contribution in [1.82, 2.24) is 4.57 Å². The molecule has 0 N–H and O–H groups in total. The second-order valence-electron chi connectivity index (χ2n) is 16.8. The van der Waals surface area contributed by atoms with Gasteiger partial charge in [0.1, 0.15) is 0 Å². The minimum absolute atomic E-state index is 0.154. The number of hydrogen-bond acceptors (Lipinski definition) is 4. The van der Waals surface area contributed by atoms with E-state index < -0.39 is 19.3 Å². The Hall–Kier alpha value is -4.01. The first-order valence-corrected chi connectivity index (χ1v) is 25.5. The van der Waals surface area contributed by atoms with Crippen molar-refractivity contribution < 1.29 is 30.1 Å². The fourth-order valence-corrected chi connectivity index (χ4v) is 14.3. The number of nitrogens with zero attached hydrogens (tertiary/aromatic N) is 2. The number of fused-ring (bicyclic) bond motifs is 7. The van der Waals surface area contributed by atoms with Crippen molar-refractivity contribution in [3.63, 3.8) is 0 Å². The Bertz CT molecular complexity index is 2320. The van der Waals surface area contributed by atoms with Crippen LogP contribution >= 0.6 is 0 Å². The van der Waals surface area contributed by atoms with E-state index in [1.165, 1.54) is 77.0 Å². The van der Waals surface area contributed by atoms with Crippen LogP contribution in [-0.4, -0.2) is 34.7 Å². The Labute approximate surface area is 318 Å². The molecule has 0 saturated heterocycles. The van der Waals surface area contributed by atoms with Crippen molar-refractivity contribution in [2.45, 2.75) is 57.8 Å². The minimum atomic E-state index is -3.52. The number of para-hydroxylation sites is 3. The molecule has 0 unspecified atom stereocenters. The molecule has 6 aromatic rings. The summed E-state index contributed by atoms with van der Waals surface area (Å²) in [4.78, 5) is 7.07. The fraction of sp³-hybridized carbons (Fsp3) is 0.362. The summed E-state index contributed by atoms with van der Waals surface area (Å²) in [6.07, 6.45) is 8.07. The number of benzene rings is 5. The van der Waals surface area contributed by atoms with Gasteiger partial charge in [-0.15, -0.1) is 0 Å². The third-order valence-corrected chi connectivity index (χ3v) is 15.7. The zero-order chi connectivity index (χ0) is 36.1. The second kappa shape index (κ2) is 12.5. The molecule has 1 aliphatic heterocycles. The van der Waals surface area contributed by atoms with Crippen molar-refractivity contribution in [3.8, 4) is 28.3 Å². The first-order valence-electron chi connectivity index (χ1n) is 19.4. The molecule has 0 radical (unpaired) electrons. The number of anilines is 2. The zero-order valence-electron chi connectivity index (χ0n) is 31.6. The van der Waals surface area contributed by atoms with Gasteiger partial charge in [-0.2, -0.15) is 0 Å². The summed E-state index contributed by atoms with van der Waals surface area (Å²) in [5, 5.41) is 2.48. The predicted octanol–water partition coefficient (Wildman–Crippen LogP) is 8.34. The molecular weight excluding hydrogens is 767 g/mol. The molecule has 5 aliphatic rings. The number of rotatable bonds is 5. The Balaban J connectivity index is 1.26. The van der Waals surface area contributed by atoms with E-state index in [0.717, 1.165) is 57.4 Å². The summed E-state index contributed by atoms with van der Waals surface area (Å²) in [6, 6.07) is 35.9. The topological polar surface area (TPSA) is 35.9 Å². The number of aryl methyl sites for hydroxylation is 2. The van der Waals surface area contributed by atoms with Gasteiger partial charge in [-0.1, -0.05) is 0 Å². The molecule has 53 heavy (non-hydrogen) atoms. The third kappa shape index (κ3) is 5.49.